The number of rotatable bonds is 6. The van der Waals surface area contributed by atoms with Gasteiger partial charge in [-0.1, -0.05) is 38.1 Å². The van der Waals surface area contributed by atoms with Crippen LogP contribution in [-0.2, 0) is 4.79 Å². The normalized spacial score (nSPS) is 12.9. The summed E-state index contributed by atoms with van der Waals surface area (Å²) in [6, 6.07) is 15.5. The molecule has 0 atom stereocenters. The van der Waals surface area contributed by atoms with E-state index in [2.05, 4.69) is 24.9 Å². The Morgan fingerprint density at radius 2 is 1.86 bits per heavy atom. The number of amidine groups is 1. The van der Waals surface area contributed by atoms with E-state index in [0.29, 0.717) is 23.4 Å². The second kappa shape index (κ2) is 9.20. The lowest BCUT2D eigenvalue weighted by atomic mass is 9.99. The highest BCUT2D eigenvalue weighted by Gasteiger charge is 2.21. The van der Waals surface area contributed by atoms with Crippen LogP contribution in [0.15, 0.2) is 53.0 Å². The van der Waals surface area contributed by atoms with E-state index in [-0.39, 0.29) is 5.91 Å². The van der Waals surface area contributed by atoms with Gasteiger partial charge in [-0.05, 0) is 48.2 Å². The van der Waals surface area contributed by atoms with E-state index in [0.717, 1.165) is 48.3 Å². The Morgan fingerprint density at radius 3 is 2.55 bits per heavy atom. The largest absolute Gasteiger partial charge is 0.387 e. The zero-order valence-electron chi connectivity index (χ0n) is 17.0. The summed E-state index contributed by atoms with van der Waals surface area (Å²) in [6.07, 6.45) is 4.10. The van der Waals surface area contributed by atoms with E-state index in [4.69, 9.17) is 11.0 Å². The predicted molar refractivity (Wildman–Crippen MR) is 118 cm³/mol. The first-order chi connectivity index (χ1) is 14.0. The summed E-state index contributed by atoms with van der Waals surface area (Å²) >= 11 is 0. The smallest absolute Gasteiger partial charge is 0.250 e. The second-order valence-corrected chi connectivity index (χ2v) is 7.21. The summed E-state index contributed by atoms with van der Waals surface area (Å²) < 4.78 is 0. The third kappa shape index (κ3) is 4.72. The van der Waals surface area contributed by atoms with Crippen molar-refractivity contribution < 1.29 is 4.79 Å². The van der Waals surface area contributed by atoms with Crippen LogP contribution in [0.1, 0.15) is 44.2 Å². The average Bonchev–Trinajstić information content (AvgIpc) is 2.90. The highest BCUT2D eigenvalue weighted by atomic mass is 16.2. The molecule has 29 heavy (non-hydrogen) atoms. The van der Waals surface area contributed by atoms with E-state index in [1.165, 1.54) is 0 Å². The molecule has 5 nitrogen and oxygen atoms in total. The van der Waals surface area contributed by atoms with Gasteiger partial charge in [-0.3, -0.25) is 4.79 Å². The van der Waals surface area contributed by atoms with Gasteiger partial charge < -0.3 is 10.6 Å². The Labute approximate surface area is 172 Å². The Kier molecular flexibility index (Phi) is 6.46. The molecule has 3 rings (SSSR count). The molecule has 2 aromatic carbocycles. The minimum atomic E-state index is 0.0329. The maximum absolute atomic E-state index is 13.1. The molecule has 0 aliphatic carbocycles. The van der Waals surface area contributed by atoms with Crippen molar-refractivity contribution in [1.29, 1.82) is 5.26 Å². The standard InChI is InChI=1S/C24H26N4O/c1-3-10-28(11-4-2)24(29)21-13-20-9-8-19(14-22(20)27-23(26)15-21)18-7-5-6-17(12-18)16-25/h5-9,12-14H,3-4,10-11,15H2,1-2H3,(H2,26,27). The van der Waals surface area contributed by atoms with Crippen LogP contribution in [0.2, 0.25) is 0 Å². The highest BCUT2D eigenvalue weighted by Crippen LogP contribution is 2.32. The van der Waals surface area contributed by atoms with Crippen LogP contribution in [-0.4, -0.2) is 29.7 Å². The molecule has 0 saturated heterocycles. The van der Waals surface area contributed by atoms with Gasteiger partial charge in [-0.25, -0.2) is 4.99 Å². The lowest BCUT2D eigenvalue weighted by Gasteiger charge is -2.22. The Hall–Kier alpha value is -3.39. The third-order valence-corrected chi connectivity index (χ3v) is 4.87. The first kappa shape index (κ1) is 20.3. The van der Waals surface area contributed by atoms with Crippen molar-refractivity contribution in [2.24, 2.45) is 10.7 Å². The van der Waals surface area contributed by atoms with Crippen molar-refractivity contribution in [3.05, 3.63) is 59.2 Å². The molecule has 0 unspecified atom stereocenters. The number of benzene rings is 2. The molecule has 2 N–H and O–H groups in total. The quantitative estimate of drug-likeness (QED) is 0.784. The number of amides is 1. The summed E-state index contributed by atoms with van der Waals surface area (Å²) in [5, 5.41) is 9.14. The van der Waals surface area contributed by atoms with Gasteiger partial charge in [-0.15, -0.1) is 0 Å². The van der Waals surface area contributed by atoms with Crippen molar-refractivity contribution in [2.45, 2.75) is 33.1 Å². The van der Waals surface area contributed by atoms with E-state index in [1.807, 2.05) is 47.4 Å². The van der Waals surface area contributed by atoms with Crippen LogP contribution in [0, 0.1) is 11.3 Å². The average molecular weight is 386 g/mol. The lowest BCUT2D eigenvalue weighted by molar-refractivity contribution is -0.127. The van der Waals surface area contributed by atoms with Crippen LogP contribution < -0.4 is 5.73 Å². The van der Waals surface area contributed by atoms with Gasteiger partial charge in [0, 0.05) is 30.6 Å². The van der Waals surface area contributed by atoms with Gasteiger partial charge >= 0.3 is 0 Å². The zero-order valence-corrected chi connectivity index (χ0v) is 17.0. The molecule has 1 heterocycles. The van der Waals surface area contributed by atoms with E-state index in [1.54, 1.807) is 6.07 Å². The molecular formula is C24H26N4O. The fourth-order valence-electron chi connectivity index (χ4n) is 3.53. The number of hydrogen-bond donors (Lipinski definition) is 1. The monoisotopic (exact) mass is 386 g/mol. The number of carbonyl (C=O) groups excluding carboxylic acids is 1. The second-order valence-electron chi connectivity index (χ2n) is 7.21. The molecular weight excluding hydrogens is 360 g/mol. The van der Waals surface area contributed by atoms with E-state index in [9.17, 15) is 4.79 Å². The number of nitrogens with zero attached hydrogens (tertiary/aromatic N) is 3. The molecule has 0 radical (unpaired) electrons. The van der Waals surface area contributed by atoms with Gasteiger partial charge in [0.1, 0.15) is 5.84 Å². The maximum atomic E-state index is 13.1. The molecule has 0 bridgehead atoms. The number of hydrogen-bond acceptors (Lipinski definition) is 4. The van der Waals surface area contributed by atoms with Crippen LogP contribution >= 0.6 is 0 Å². The van der Waals surface area contributed by atoms with Crippen molar-refractivity contribution in [3.8, 4) is 17.2 Å². The molecule has 148 valence electrons. The lowest BCUT2D eigenvalue weighted by Crippen LogP contribution is -2.34. The number of nitrogens with two attached hydrogens (primary N) is 1. The molecule has 0 spiro atoms. The Balaban J connectivity index is 1.98. The molecule has 0 fully saturated rings. The maximum Gasteiger partial charge on any atom is 0.250 e. The van der Waals surface area contributed by atoms with E-state index >= 15 is 0 Å². The van der Waals surface area contributed by atoms with Crippen molar-refractivity contribution in [3.63, 3.8) is 0 Å². The Morgan fingerprint density at radius 1 is 1.14 bits per heavy atom. The van der Waals surface area contributed by atoms with Gasteiger partial charge in [0.2, 0.25) is 5.91 Å². The number of nitriles is 1. The first-order valence-electron chi connectivity index (χ1n) is 10.0. The first-order valence-corrected chi connectivity index (χ1v) is 10.0. The topological polar surface area (TPSA) is 82.5 Å². The minimum absolute atomic E-state index is 0.0329. The number of fused-ring (bicyclic) bond motifs is 1. The molecule has 2 aromatic rings. The van der Waals surface area contributed by atoms with Crippen molar-refractivity contribution >= 4 is 23.5 Å². The minimum Gasteiger partial charge on any atom is -0.387 e. The number of carbonyl (C=O) groups is 1. The molecule has 1 aliphatic heterocycles. The van der Waals surface area contributed by atoms with E-state index < -0.39 is 0 Å². The fourth-order valence-corrected chi connectivity index (χ4v) is 3.53. The van der Waals surface area contributed by atoms with Crippen LogP contribution in [0.5, 0.6) is 0 Å². The van der Waals surface area contributed by atoms with Crippen molar-refractivity contribution in [1.82, 2.24) is 4.90 Å². The summed E-state index contributed by atoms with van der Waals surface area (Å²) in [6.45, 7) is 5.63. The third-order valence-electron chi connectivity index (χ3n) is 4.87. The molecule has 0 saturated carbocycles. The predicted octanol–water partition coefficient (Wildman–Crippen LogP) is 4.65. The van der Waals surface area contributed by atoms with Crippen LogP contribution in [0.4, 0.5) is 5.69 Å². The van der Waals surface area contributed by atoms with Crippen LogP contribution in [0.3, 0.4) is 0 Å². The molecule has 5 heteroatoms. The zero-order chi connectivity index (χ0) is 20.8. The van der Waals surface area contributed by atoms with Crippen LogP contribution in [0.25, 0.3) is 17.2 Å². The highest BCUT2D eigenvalue weighted by molar-refractivity contribution is 6.05. The number of aliphatic imine (C=N–C) groups is 1. The van der Waals surface area contributed by atoms with Crippen molar-refractivity contribution in [2.75, 3.05) is 13.1 Å². The van der Waals surface area contributed by atoms with Gasteiger partial charge in [0.25, 0.3) is 0 Å². The van der Waals surface area contributed by atoms with Gasteiger partial charge in [-0.2, -0.15) is 5.26 Å². The summed E-state index contributed by atoms with van der Waals surface area (Å²) in [7, 11) is 0. The SMILES string of the molecule is CCCN(CCC)C(=O)C1=Cc2ccc(-c3cccc(C#N)c3)cc2N=C(N)C1. The molecule has 1 amide bonds. The fraction of sp³-hybridized carbons (Fsp3) is 0.292. The molecule has 1 aliphatic rings. The molecule has 0 aromatic heterocycles. The summed E-state index contributed by atoms with van der Waals surface area (Å²) in [5.74, 6) is 0.463. The van der Waals surface area contributed by atoms with Gasteiger partial charge in [0.15, 0.2) is 0 Å². The summed E-state index contributed by atoms with van der Waals surface area (Å²) in [5.41, 5.74) is 11.0. The summed E-state index contributed by atoms with van der Waals surface area (Å²) in [4.78, 5) is 19.5. The van der Waals surface area contributed by atoms with Gasteiger partial charge in [0.05, 0.1) is 17.3 Å². The Bertz CT molecular complexity index is 1010.